The number of sulfone groups is 1. The number of ether oxygens (including phenoxy) is 1. The molecule has 1 aromatic rings. The van der Waals surface area contributed by atoms with E-state index in [4.69, 9.17) is 4.74 Å². The van der Waals surface area contributed by atoms with Gasteiger partial charge in [-0.15, -0.1) is 0 Å². The van der Waals surface area contributed by atoms with Gasteiger partial charge in [-0.25, -0.2) is 8.42 Å². The summed E-state index contributed by atoms with van der Waals surface area (Å²) < 4.78 is 29.7. The molecule has 136 valence electrons. The molecule has 0 bridgehead atoms. The van der Waals surface area contributed by atoms with Gasteiger partial charge in [-0.1, -0.05) is 31.7 Å². The van der Waals surface area contributed by atoms with Crippen molar-refractivity contribution in [3.63, 3.8) is 0 Å². The largest absolute Gasteiger partial charge is 0.495 e. The van der Waals surface area contributed by atoms with Crippen LogP contribution in [0.1, 0.15) is 19.4 Å². The van der Waals surface area contributed by atoms with Gasteiger partial charge in [0.15, 0.2) is 15.0 Å². The molecule has 2 heterocycles. The molecule has 2 aliphatic rings. The molecule has 2 atom stereocenters. The number of anilines is 1. The molecule has 0 radical (unpaired) electrons. The van der Waals surface area contributed by atoms with E-state index in [2.05, 4.69) is 4.99 Å². The average molecular weight is 383 g/mol. The van der Waals surface area contributed by atoms with E-state index in [9.17, 15) is 13.2 Å². The van der Waals surface area contributed by atoms with Crippen LogP contribution in [0.25, 0.3) is 0 Å². The van der Waals surface area contributed by atoms with Crippen LogP contribution in [0.4, 0.5) is 5.69 Å². The second kappa shape index (κ2) is 6.64. The lowest BCUT2D eigenvalue weighted by atomic mass is 10.1. The smallest absolute Gasteiger partial charge is 0.250 e. The Morgan fingerprint density at radius 3 is 2.72 bits per heavy atom. The topological polar surface area (TPSA) is 76.0 Å². The molecule has 3 rings (SSSR count). The molecule has 0 saturated carbocycles. The average Bonchev–Trinajstić information content (AvgIpc) is 2.97. The summed E-state index contributed by atoms with van der Waals surface area (Å²) in [5.41, 5.74) is 1.79. The lowest BCUT2D eigenvalue weighted by Crippen LogP contribution is -2.38. The van der Waals surface area contributed by atoms with Crippen LogP contribution in [0, 0.1) is 12.8 Å². The summed E-state index contributed by atoms with van der Waals surface area (Å²) in [4.78, 5) is 18.3. The van der Waals surface area contributed by atoms with Gasteiger partial charge >= 0.3 is 0 Å². The molecule has 0 N–H and O–H groups in total. The fourth-order valence-corrected chi connectivity index (χ4v) is 6.97. The summed E-state index contributed by atoms with van der Waals surface area (Å²) in [6.45, 7) is 5.56. The number of aliphatic imine (C=N–C) groups is 1. The number of methoxy groups -OCH3 is 1. The van der Waals surface area contributed by atoms with Gasteiger partial charge in [-0.3, -0.25) is 4.79 Å². The highest BCUT2D eigenvalue weighted by Gasteiger charge is 2.50. The van der Waals surface area contributed by atoms with Gasteiger partial charge in [-0.2, -0.15) is 4.99 Å². The van der Waals surface area contributed by atoms with Crippen molar-refractivity contribution in [1.29, 1.82) is 0 Å². The van der Waals surface area contributed by atoms with E-state index in [1.807, 2.05) is 30.0 Å². The first-order chi connectivity index (χ1) is 11.7. The van der Waals surface area contributed by atoms with Crippen molar-refractivity contribution < 1.29 is 17.9 Å². The predicted octanol–water partition coefficient (Wildman–Crippen LogP) is 2.26. The molecular formula is C17H22N2O4S2. The molecule has 0 spiro atoms. The summed E-state index contributed by atoms with van der Waals surface area (Å²) >= 11 is 1.38. The SMILES string of the molecule is COc1ccc(C)cc1N1C(=NC(=O)C(C)C)S[C@H]2CS(=O)(=O)C[C@H]21. The number of nitrogens with zero attached hydrogens (tertiary/aromatic N) is 2. The van der Waals surface area contributed by atoms with Crippen LogP contribution in [0.2, 0.25) is 0 Å². The van der Waals surface area contributed by atoms with Crippen molar-refractivity contribution >= 4 is 38.4 Å². The number of aryl methyl sites for hydroxylation is 1. The molecule has 0 unspecified atom stereocenters. The monoisotopic (exact) mass is 382 g/mol. The minimum absolute atomic E-state index is 0.0661. The van der Waals surface area contributed by atoms with Crippen molar-refractivity contribution in [3.05, 3.63) is 23.8 Å². The maximum absolute atomic E-state index is 12.2. The van der Waals surface area contributed by atoms with Gasteiger partial charge in [-0.05, 0) is 24.6 Å². The van der Waals surface area contributed by atoms with Gasteiger partial charge in [0.1, 0.15) is 5.75 Å². The van der Waals surface area contributed by atoms with Crippen LogP contribution >= 0.6 is 11.8 Å². The van der Waals surface area contributed by atoms with Crippen molar-refractivity contribution in [2.24, 2.45) is 10.9 Å². The zero-order chi connectivity index (χ0) is 18.4. The van der Waals surface area contributed by atoms with Gasteiger partial charge in [0.05, 0.1) is 30.3 Å². The molecule has 0 aliphatic carbocycles. The fraction of sp³-hybridized carbons (Fsp3) is 0.529. The number of benzene rings is 1. The van der Waals surface area contributed by atoms with Crippen molar-refractivity contribution in [2.75, 3.05) is 23.5 Å². The molecule has 2 aliphatic heterocycles. The summed E-state index contributed by atoms with van der Waals surface area (Å²) in [5, 5.41) is 0.446. The maximum Gasteiger partial charge on any atom is 0.250 e. The minimum Gasteiger partial charge on any atom is -0.495 e. The zero-order valence-electron chi connectivity index (χ0n) is 14.7. The van der Waals surface area contributed by atoms with Crippen molar-refractivity contribution in [3.8, 4) is 5.75 Å². The van der Waals surface area contributed by atoms with Crippen LogP contribution < -0.4 is 9.64 Å². The third kappa shape index (κ3) is 3.55. The lowest BCUT2D eigenvalue weighted by molar-refractivity contribution is -0.120. The molecule has 2 fully saturated rings. The van der Waals surface area contributed by atoms with Crippen LogP contribution in [0.3, 0.4) is 0 Å². The van der Waals surface area contributed by atoms with E-state index < -0.39 is 9.84 Å². The molecule has 0 aromatic heterocycles. The second-order valence-electron chi connectivity index (χ2n) is 6.73. The van der Waals surface area contributed by atoms with Crippen LogP contribution in [-0.4, -0.2) is 49.4 Å². The highest BCUT2D eigenvalue weighted by molar-refractivity contribution is 8.16. The molecule has 1 amide bonds. The Balaban J connectivity index is 2.10. The van der Waals surface area contributed by atoms with E-state index in [0.717, 1.165) is 11.3 Å². The van der Waals surface area contributed by atoms with E-state index in [-0.39, 0.29) is 34.6 Å². The number of amides is 1. The Kier molecular flexibility index (Phi) is 4.85. The first-order valence-corrected chi connectivity index (χ1v) is 10.9. The van der Waals surface area contributed by atoms with Gasteiger partial charge in [0, 0.05) is 11.2 Å². The summed E-state index contributed by atoms with van der Waals surface area (Å²) in [7, 11) is -1.51. The van der Waals surface area contributed by atoms with Crippen LogP contribution in [0.5, 0.6) is 5.75 Å². The molecule has 6 nitrogen and oxygen atoms in total. The normalized spacial score (nSPS) is 26.3. The standard InChI is InChI=1S/C17H22N2O4S2/c1-10(2)16(20)18-17-19(12-7-11(3)5-6-14(12)23-4)13-8-25(21,22)9-15(13)24-17/h5-7,10,13,15H,8-9H2,1-4H3/t13-,15+/m1/s1. The first kappa shape index (κ1) is 18.3. The Bertz CT molecular complexity index is 833. The maximum atomic E-state index is 12.2. The lowest BCUT2D eigenvalue weighted by Gasteiger charge is -2.26. The Labute approximate surface area is 152 Å². The number of carbonyl (C=O) groups excluding carboxylic acids is 1. The quantitative estimate of drug-likeness (QED) is 0.798. The second-order valence-corrected chi connectivity index (χ2v) is 10.1. The van der Waals surface area contributed by atoms with Gasteiger partial charge in [0.25, 0.3) is 5.91 Å². The Morgan fingerprint density at radius 1 is 1.36 bits per heavy atom. The van der Waals surface area contributed by atoms with Gasteiger partial charge < -0.3 is 9.64 Å². The predicted molar refractivity (Wildman–Crippen MR) is 101 cm³/mol. The van der Waals surface area contributed by atoms with Crippen LogP contribution in [-0.2, 0) is 14.6 Å². The van der Waals surface area contributed by atoms with Gasteiger partial charge in [0.2, 0.25) is 0 Å². The minimum atomic E-state index is -3.09. The third-order valence-electron chi connectivity index (χ3n) is 4.36. The van der Waals surface area contributed by atoms with Crippen LogP contribution in [0.15, 0.2) is 23.2 Å². The number of carbonyl (C=O) groups is 1. The van der Waals surface area contributed by atoms with Crippen molar-refractivity contribution in [2.45, 2.75) is 32.1 Å². The molecule has 1 aromatic carbocycles. The molecule has 2 saturated heterocycles. The highest BCUT2D eigenvalue weighted by Crippen LogP contribution is 2.44. The third-order valence-corrected chi connectivity index (χ3v) is 7.57. The summed E-state index contributed by atoms with van der Waals surface area (Å²) in [6.07, 6.45) is 0. The molecular weight excluding hydrogens is 360 g/mol. The van der Waals surface area contributed by atoms with E-state index in [1.165, 1.54) is 11.8 Å². The van der Waals surface area contributed by atoms with E-state index in [1.54, 1.807) is 21.0 Å². The Morgan fingerprint density at radius 2 is 2.08 bits per heavy atom. The first-order valence-electron chi connectivity index (χ1n) is 8.15. The summed E-state index contributed by atoms with van der Waals surface area (Å²) in [5.74, 6) is 0.403. The summed E-state index contributed by atoms with van der Waals surface area (Å²) in [6, 6.07) is 5.50. The zero-order valence-corrected chi connectivity index (χ0v) is 16.4. The van der Waals surface area contributed by atoms with E-state index >= 15 is 0 Å². The number of amidine groups is 1. The van der Waals surface area contributed by atoms with Crippen molar-refractivity contribution in [1.82, 2.24) is 0 Å². The molecule has 8 heteroatoms. The molecule has 25 heavy (non-hydrogen) atoms. The number of fused-ring (bicyclic) bond motifs is 1. The number of thioether (sulfide) groups is 1. The highest BCUT2D eigenvalue weighted by atomic mass is 32.2. The Hall–Kier alpha value is -1.54. The fourth-order valence-electron chi connectivity index (χ4n) is 3.06. The number of hydrogen-bond acceptors (Lipinski definition) is 5. The number of rotatable bonds is 3. The number of hydrogen-bond donors (Lipinski definition) is 0. The van der Waals surface area contributed by atoms with E-state index in [0.29, 0.717) is 10.9 Å².